The maximum Gasteiger partial charge on any atom is 0.235 e. The van der Waals surface area contributed by atoms with Crippen LogP contribution in [0.2, 0.25) is 0 Å². The number of hydrogen-bond acceptors (Lipinski definition) is 4. The predicted molar refractivity (Wildman–Crippen MR) is 57.1 cm³/mol. The Hall–Kier alpha value is -0.940. The van der Waals surface area contributed by atoms with E-state index in [1.54, 1.807) is 0 Å². The van der Waals surface area contributed by atoms with Gasteiger partial charge in [-0.25, -0.2) is 10.0 Å². The summed E-state index contributed by atoms with van der Waals surface area (Å²) in [5.41, 5.74) is 0. The highest BCUT2D eigenvalue weighted by Crippen LogP contribution is 2.09. The zero-order valence-electron chi connectivity index (χ0n) is 9.24. The fourth-order valence-electron chi connectivity index (χ4n) is 1.74. The van der Waals surface area contributed by atoms with Gasteiger partial charge in [0.25, 0.3) is 0 Å². The minimum Gasteiger partial charge on any atom is -0.348 e. The number of hydrazine groups is 1. The van der Waals surface area contributed by atoms with E-state index in [4.69, 9.17) is 0 Å². The van der Waals surface area contributed by atoms with Crippen LogP contribution in [0.15, 0.2) is 0 Å². The van der Waals surface area contributed by atoms with Gasteiger partial charge in [-0.15, -0.1) is 0 Å². The first-order valence-corrected chi connectivity index (χ1v) is 5.40. The lowest BCUT2D eigenvalue weighted by atomic mass is 10.2. The Balaban J connectivity index is 2.23. The molecule has 1 saturated heterocycles. The van der Waals surface area contributed by atoms with Crippen LogP contribution in [0.3, 0.4) is 0 Å². The first-order valence-electron chi connectivity index (χ1n) is 5.40. The van der Waals surface area contributed by atoms with Gasteiger partial charge in [0.05, 0.1) is 13.1 Å². The lowest BCUT2D eigenvalue weighted by molar-refractivity contribution is -0.128. The van der Waals surface area contributed by atoms with Crippen molar-refractivity contribution in [1.29, 1.82) is 0 Å². The topological polar surface area (TPSA) is 52.7 Å². The third-order valence-corrected chi connectivity index (χ3v) is 2.57. The lowest BCUT2D eigenvalue weighted by Gasteiger charge is -2.34. The molecule has 0 spiro atoms. The van der Waals surface area contributed by atoms with Crippen molar-refractivity contribution >= 4 is 12.2 Å². The molecule has 1 amide bonds. The number of carbonyl (C=O) groups excluding carboxylic acids is 2. The SMILES string of the molecule is CN(CC(=O)NCC=O)N1CCCCC1. The number of nitrogens with one attached hydrogen (secondary N) is 1. The zero-order chi connectivity index (χ0) is 11.1. The smallest absolute Gasteiger partial charge is 0.235 e. The fraction of sp³-hybridized carbons (Fsp3) is 0.800. The number of amides is 1. The molecule has 0 bridgehead atoms. The van der Waals surface area contributed by atoms with Gasteiger partial charge in [-0.05, 0) is 12.8 Å². The van der Waals surface area contributed by atoms with Crippen molar-refractivity contribution < 1.29 is 9.59 Å². The van der Waals surface area contributed by atoms with Crippen molar-refractivity contribution in [1.82, 2.24) is 15.3 Å². The van der Waals surface area contributed by atoms with Crippen LogP contribution in [0.5, 0.6) is 0 Å². The van der Waals surface area contributed by atoms with Crippen molar-refractivity contribution in [2.75, 3.05) is 33.2 Å². The molecule has 0 radical (unpaired) electrons. The average molecular weight is 213 g/mol. The van der Waals surface area contributed by atoms with Gasteiger partial charge in [0.2, 0.25) is 5.91 Å². The molecule has 1 fully saturated rings. The fourth-order valence-corrected chi connectivity index (χ4v) is 1.74. The molecular formula is C10H19N3O2. The standard InChI is InChI=1S/C10H19N3O2/c1-12(9-10(15)11-5-8-14)13-6-3-2-4-7-13/h8H,2-7,9H2,1H3,(H,11,15). The molecule has 1 aliphatic rings. The first-order chi connectivity index (χ1) is 7.24. The van der Waals surface area contributed by atoms with Gasteiger partial charge >= 0.3 is 0 Å². The summed E-state index contributed by atoms with van der Waals surface area (Å²) in [5.74, 6) is -0.102. The number of rotatable bonds is 5. The highest BCUT2D eigenvalue weighted by molar-refractivity contribution is 5.79. The Kier molecular flexibility index (Phi) is 5.28. The van der Waals surface area contributed by atoms with Crippen LogP contribution in [0.1, 0.15) is 19.3 Å². The highest BCUT2D eigenvalue weighted by Gasteiger charge is 2.16. The van der Waals surface area contributed by atoms with Crippen LogP contribution in [-0.4, -0.2) is 55.4 Å². The number of aldehydes is 1. The summed E-state index contributed by atoms with van der Waals surface area (Å²) >= 11 is 0. The van der Waals surface area contributed by atoms with Gasteiger partial charge in [0.1, 0.15) is 6.29 Å². The third kappa shape index (κ3) is 4.40. The molecule has 5 heteroatoms. The molecule has 1 heterocycles. The number of carbonyl (C=O) groups is 2. The van der Waals surface area contributed by atoms with E-state index in [9.17, 15) is 9.59 Å². The van der Waals surface area contributed by atoms with E-state index in [0.717, 1.165) is 13.1 Å². The Bertz CT molecular complexity index is 215. The summed E-state index contributed by atoms with van der Waals surface area (Å²) in [6, 6.07) is 0. The van der Waals surface area contributed by atoms with Gasteiger partial charge in [0.15, 0.2) is 0 Å². The van der Waals surface area contributed by atoms with Gasteiger partial charge in [-0.2, -0.15) is 0 Å². The quantitative estimate of drug-likeness (QED) is 0.633. The van der Waals surface area contributed by atoms with E-state index in [0.29, 0.717) is 12.8 Å². The minimum absolute atomic E-state index is 0.102. The van der Waals surface area contributed by atoms with Crippen LogP contribution in [0.4, 0.5) is 0 Å². The number of hydrogen-bond donors (Lipinski definition) is 1. The van der Waals surface area contributed by atoms with Gasteiger partial charge in [0, 0.05) is 20.1 Å². The van der Waals surface area contributed by atoms with Crippen molar-refractivity contribution in [3.63, 3.8) is 0 Å². The average Bonchev–Trinajstić information content (AvgIpc) is 2.27. The zero-order valence-corrected chi connectivity index (χ0v) is 9.24. The van der Waals surface area contributed by atoms with Gasteiger partial charge in [-0.3, -0.25) is 4.79 Å². The van der Waals surface area contributed by atoms with Crippen molar-refractivity contribution in [3.8, 4) is 0 Å². The molecule has 1 rings (SSSR count). The molecule has 0 aromatic heterocycles. The van der Waals surface area contributed by atoms with Crippen molar-refractivity contribution in [2.24, 2.45) is 0 Å². The van der Waals surface area contributed by atoms with E-state index in [1.807, 2.05) is 12.1 Å². The first kappa shape index (κ1) is 12.1. The van der Waals surface area contributed by atoms with Gasteiger partial charge < -0.3 is 10.1 Å². The van der Waals surface area contributed by atoms with Crippen LogP contribution in [-0.2, 0) is 9.59 Å². The van der Waals surface area contributed by atoms with Crippen LogP contribution in [0.25, 0.3) is 0 Å². The Morgan fingerprint density at radius 3 is 2.67 bits per heavy atom. The molecule has 0 atom stereocenters. The predicted octanol–water partition coefficient (Wildman–Crippen LogP) is -0.366. The third-order valence-electron chi connectivity index (χ3n) is 2.57. The lowest BCUT2D eigenvalue weighted by Crippen LogP contribution is -2.47. The van der Waals surface area contributed by atoms with E-state index in [1.165, 1.54) is 19.3 Å². The molecule has 0 aromatic rings. The van der Waals surface area contributed by atoms with Crippen molar-refractivity contribution in [2.45, 2.75) is 19.3 Å². The molecule has 1 aliphatic heterocycles. The monoisotopic (exact) mass is 213 g/mol. The number of likely N-dealkylation sites (N-methyl/N-ethyl adjacent to an activating group) is 1. The maximum absolute atomic E-state index is 11.3. The molecule has 1 N–H and O–H groups in total. The minimum atomic E-state index is -0.102. The Labute approximate surface area is 90.4 Å². The second-order valence-electron chi connectivity index (χ2n) is 3.80. The van der Waals surface area contributed by atoms with E-state index < -0.39 is 0 Å². The second-order valence-corrected chi connectivity index (χ2v) is 3.80. The Morgan fingerprint density at radius 1 is 1.40 bits per heavy atom. The molecule has 0 aliphatic carbocycles. The van der Waals surface area contributed by atoms with E-state index in [2.05, 4.69) is 10.3 Å². The normalized spacial score (nSPS) is 17.7. The summed E-state index contributed by atoms with van der Waals surface area (Å²) in [7, 11) is 1.91. The summed E-state index contributed by atoms with van der Waals surface area (Å²) in [5, 5.41) is 6.64. The second kappa shape index (κ2) is 6.53. The van der Waals surface area contributed by atoms with Crippen LogP contribution < -0.4 is 5.32 Å². The molecule has 15 heavy (non-hydrogen) atoms. The van der Waals surface area contributed by atoms with E-state index in [-0.39, 0.29) is 12.5 Å². The molecule has 0 unspecified atom stereocenters. The summed E-state index contributed by atoms with van der Waals surface area (Å²) in [6.45, 7) is 2.48. The number of piperidine rings is 1. The summed E-state index contributed by atoms with van der Waals surface area (Å²) in [4.78, 5) is 21.4. The largest absolute Gasteiger partial charge is 0.348 e. The molecule has 0 saturated carbocycles. The van der Waals surface area contributed by atoms with Crippen molar-refractivity contribution in [3.05, 3.63) is 0 Å². The maximum atomic E-state index is 11.3. The highest BCUT2D eigenvalue weighted by atomic mass is 16.2. The molecule has 86 valence electrons. The van der Waals surface area contributed by atoms with Crippen LogP contribution >= 0.6 is 0 Å². The van der Waals surface area contributed by atoms with Crippen LogP contribution in [0, 0.1) is 0 Å². The molecule has 0 aromatic carbocycles. The van der Waals surface area contributed by atoms with Gasteiger partial charge in [-0.1, -0.05) is 6.42 Å². The molecular weight excluding hydrogens is 194 g/mol. The summed E-state index contributed by atoms with van der Waals surface area (Å²) < 4.78 is 0. The molecule has 5 nitrogen and oxygen atoms in total. The summed E-state index contributed by atoms with van der Waals surface area (Å²) in [6.07, 6.45) is 4.36. The Morgan fingerprint density at radius 2 is 2.07 bits per heavy atom. The van der Waals surface area contributed by atoms with E-state index >= 15 is 0 Å². The number of nitrogens with zero attached hydrogens (tertiary/aromatic N) is 2.